The van der Waals surface area contributed by atoms with Crippen LogP contribution in [-0.2, 0) is 11.4 Å². The second-order valence-corrected chi connectivity index (χ2v) is 7.11. The third kappa shape index (κ3) is 6.85. The van der Waals surface area contributed by atoms with Gasteiger partial charge in [-0.05, 0) is 47.5 Å². The van der Waals surface area contributed by atoms with E-state index in [2.05, 4.69) is 15.8 Å². The van der Waals surface area contributed by atoms with Crippen LogP contribution in [0.4, 0.5) is 0 Å². The maximum atomic E-state index is 12.0. The zero-order chi connectivity index (χ0) is 22.8. The minimum atomic E-state index is -0.467. The first-order valence-corrected chi connectivity index (χ1v) is 10.1. The fourth-order valence-corrected chi connectivity index (χ4v) is 2.92. The summed E-state index contributed by atoms with van der Waals surface area (Å²) in [7, 11) is 1.57. The van der Waals surface area contributed by atoms with E-state index >= 15 is 0 Å². The highest BCUT2D eigenvalue weighted by Crippen LogP contribution is 2.28. The van der Waals surface area contributed by atoms with E-state index < -0.39 is 11.8 Å². The summed E-state index contributed by atoms with van der Waals surface area (Å²) in [6.45, 7) is 0.164. The summed E-state index contributed by atoms with van der Waals surface area (Å²) in [6, 6.07) is 21.5. The van der Waals surface area contributed by atoms with Gasteiger partial charge in [-0.1, -0.05) is 48.0 Å². The minimum Gasteiger partial charge on any atom is -0.493 e. The topological polar surface area (TPSA) is 89.0 Å². The highest BCUT2D eigenvalue weighted by atomic mass is 35.5. The molecule has 7 nitrogen and oxygen atoms in total. The largest absolute Gasteiger partial charge is 0.493 e. The molecule has 0 unspecified atom stereocenters. The molecule has 32 heavy (non-hydrogen) atoms. The van der Waals surface area contributed by atoms with E-state index in [1.54, 1.807) is 43.5 Å². The summed E-state index contributed by atoms with van der Waals surface area (Å²) in [5, 5.41) is 6.88. The molecular formula is C24H22ClN3O4. The van der Waals surface area contributed by atoms with Crippen molar-refractivity contribution in [1.82, 2.24) is 10.7 Å². The molecule has 0 fully saturated rings. The smallest absolute Gasteiger partial charge is 0.259 e. The standard InChI is InChI=1S/C24H22ClN3O4/c1-31-21-11-10-18(12-22(21)32-16-17-6-3-2-4-7-17)14-27-28-23(29)15-26-24(30)19-8-5-9-20(25)13-19/h2-14H,15-16H2,1H3,(H,26,30)(H,28,29)/b27-14-. The van der Waals surface area contributed by atoms with Crippen molar-refractivity contribution in [3.8, 4) is 11.5 Å². The maximum Gasteiger partial charge on any atom is 0.259 e. The molecule has 0 radical (unpaired) electrons. The number of carbonyl (C=O) groups is 2. The number of nitrogens with zero attached hydrogens (tertiary/aromatic N) is 1. The van der Waals surface area contributed by atoms with E-state index in [1.165, 1.54) is 12.3 Å². The van der Waals surface area contributed by atoms with Gasteiger partial charge in [-0.3, -0.25) is 9.59 Å². The number of hydrogen-bond donors (Lipinski definition) is 2. The Morgan fingerprint density at radius 1 is 1.00 bits per heavy atom. The Hall–Kier alpha value is -3.84. The van der Waals surface area contributed by atoms with Crippen molar-refractivity contribution in [3.63, 3.8) is 0 Å². The zero-order valence-corrected chi connectivity index (χ0v) is 18.1. The highest BCUT2D eigenvalue weighted by molar-refractivity contribution is 6.31. The van der Waals surface area contributed by atoms with Crippen molar-refractivity contribution in [3.05, 3.63) is 94.5 Å². The Balaban J connectivity index is 1.52. The molecule has 3 aromatic carbocycles. The normalized spacial score (nSPS) is 10.6. The monoisotopic (exact) mass is 451 g/mol. The number of nitrogens with one attached hydrogen (secondary N) is 2. The van der Waals surface area contributed by atoms with Crippen molar-refractivity contribution < 1.29 is 19.1 Å². The van der Waals surface area contributed by atoms with Gasteiger partial charge in [0.15, 0.2) is 11.5 Å². The lowest BCUT2D eigenvalue weighted by Crippen LogP contribution is -2.34. The van der Waals surface area contributed by atoms with Gasteiger partial charge in [-0.15, -0.1) is 0 Å². The van der Waals surface area contributed by atoms with Gasteiger partial charge >= 0.3 is 0 Å². The Labute approximate surface area is 191 Å². The maximum absolute atomic E-state index is 12.0. The lowest BCUT2D eigenvalue weighted by atomic mass is 10.2. The summed E-state index contributed by atoms with van der Waals surface area (Å²) in [5.74, 6) is 0.277. The van der Waals surface area contributed by atoms with Gasteiger partial charge in [0, 0.05) is 10.6 Å². The fourth-order valence-electron chi connectivity index (χ4n) is 2.73. The van der Waals surface area contributed by atoms with Gasteiger partial charge in [0.05, 0.1) is 19.9 Å². The average molecular weight is 452 g/mol. The molecule has 0 saturated heterocycles. The molecule has 3 rings (SSSR count). The van der Waals surface area contributed by atoms with Crippen LogP contribution in [0.25, 0.3) is 0 Å². The molecule has 2 amide bonds. The van der Waals surface area contributed by atoms with E-state index in [0.717, 1.165) is 5.56 Å². The van der Waals surface area contributed by atoms with Crippen molar-refractivity contribution in [2.45, 2.75) is 6.61 Å². The summed E-state index contributed by atoms with van der Waals surface area (Å²) < 4.78 is 11.2. The lowest BCUT2D eigenvalue weighted by molar-refractivity contribution is -0.120. The van der Waals surface area contributed by atoms with Crippen LogP contribution in [0.2, 0.25) is 5.02 Å². The van der Waals surface area contributed by atoms with Crippen LogP contribution in [0.3, 0.4) is 0 Å². The van der Waals surface area contributed by atoms with Gasteiger partial charge < -0.3 is 14.8 Å². The fraction of sp³-hybridized carbons (Fsp3) is 0.125. The summed E-state index contributed by atoms with van der Waals surface area (Å²) in [5.41, 5.74) is 4.48. The van der Waals surface area contributed by atoms with Crippen molar-refractivity contribution in [1.29, 1.82) is 0 Å². The summed E-state index contributed by atoms with van der Waals surface area (Å²) in [4.78, 5) is 24.0. The number of halogens is 1. The average Bonchev–Trinajstić information content (AvgIpc) is 2.82. The number of amides is 2. The van der Waals surface area contributed by atoms with E-state index in [0.29, 0.717) is 34.3 Å². The zero-order valence-electron chi connectivity index (χ0n) is 17.4. The Kier molecular flexibility index (Phi) is 8.22. The van der Waals surface area contributed by atoms with Gasteiger partial charge in [0.1, 0.15) is 6.61 Å². The lowest BCUT2D eigenvalue weighted by Gasteiger charge is -2.11. The SMILES string of the molecule is COc1ccc(/C=N\NC(=O)CNC(=O)c2cccc(Cl)c2)cc1OCc1ccccc1. The number of ether oxygens (including phenoxy) is 2. The predicted octanol–water partition coefficient (Wildman–Crippen LogP) is 3.81. The second kappa shape index (κ2) is 11.5. The molecule has 0 atom stereocenters. The number of carbonyl (C=O) groups excluding carboxylic acids is 2. The van der Waals surface area contributed by atoms with Crippen molar-refractivity contribution in [2.75, 3.05) is 13.7 Å². The first-order chi connectivity index (χ1) is 15.5. The molecule has 0 bridgehead atoms. The second-order valence-electron chi connectivity index (χ2n) is 6.67. The molecule has 164 valence electrons. The van der Waals surface area contributed by atoms with Gasteiger partial charge in [0.2, 0.25) is 0 Å². The number of benzene rings is 3. The summed E-state index contributed by atoms with van der Waals surface area (Å²) in [6.07, 6.45) is 1.48. The van der Waals surface area contributed by atoms with Crippen LogP contribution in [0.1, 0.15) is 21.5 Å². The van der Waals surface area contributed by atoms with Crippen LogP contribution in [-0.4, -0.2) is 31.7 Å². The quantitative estimate of drug-likeness (QED) is 0.382. The predicted molar refractivity (Wildman–Crippen MR) is 123 cm³/mol. The first-order valence-electron chi connectivity index (χ1n) is 9.75. The van der Waals surface area contributed by atoms with E-state index in [1.807, 2.05) is 30.3 Å². The molecule has 0 aromatic heterocycles. The first kappa shape index (κ1) is 22.8. The molecular weight excluding hydrogens is 430 g/mol. The highest BCUT2D eigenvalue weighted by Gasteiger charge is 2.08. The van der Waals surface area contributed by atoms with Gasteiger partial charge in [-0.2, -0.15) is 5.10 Å². The Morgan fingerprint density at radius 2 is 1.81 bits per heavy atom. The molecule has 0 heterocycles. The molecule has 0 spiro atoms. The van der Waals surface area contributed by atoms with Crippen LogP contribution >= 0.6 is 11.6 Å². The van der Waals surface area contributed by atoms with E-state index in [-0.39, 0.29) is 6.54 Å². The van der Waals surface area contributed by atoms with Gasteiger partial charge in [0.25, 0.3) is 11.8 Å². The number of hydrogen-bond acceptors (Lipinski definition) is 5. The number of hydrazone groups is 1. The third-order valence-electron chi connectivity index (χ3n) is 4.32. The summed E-state index contributed by atoms with van der Waals surface area (Å²) >= 11 is 5.86. The molecule has 8 heteroatoms. The molecule has 3 aromatic rings. The molecule has 0 aliphatic carbocycles. The van der Waals surface area contributed by atoms with Gasteiger partial charge in [-0.25, -0.2) is 5.43 Å². The molecule has 0 aliphatic heterocycles. The minimum absolute atomic E-state index is 0.225. The van der Waals surface area contributed by atoms with E-state index in [9.17, 15) is 9.59 Å². The molecule has 0 aliphatic rings. The number of methoxy groups -OCH3 is 1. The van der Waals surface area contributed by atoms with E-state index in [4.69, 9.17) is 21.1 Å². The molecule has 2 N–H and O–H groups in total. The van der Waals surface area contributed by atoms with Crippen LogP contribution in [0.5, 0.6) is 11.5 Å². The number of rotatable bonds is 9. The van der Waals surface area contributed by atoms with Crippen molar-refractivity contribution >= 4 is 29.6 Å². The van der Waals surface area contributed by atoms with Crippen LogP contribution < -0.4 is 20.2 Å². The Morgan fingerprint density at radius 3 is 2.56 bits per heavy atom. The van der Waals surface area contributed by atoms with Crippen molar-refractivity contribution in [2.24, 2.45) is 5.10 Å². The third-order valence-corrected chi connectivity index (χ3v) is 4.56. The Bertz CT molecular complexity index is 1100. The molecule has 0 saturated carbocycles. The van der Waals surface area contributed by atoms with Crippen LogP contribution in [0.15, 0.2) is 77.9 Å². The van der Waals surface area contributed by atoms with Crippen LogP contribution in [0, 0.1) is 0 Å².